The van der Waals surface area contributed by atoms with E-state index in [0.29, 0.717) is 19.1 Å². The van der Waals surface area contributed by atoms with E-state index >= 15 is 0 Å². The summed E-state index contributed by atoms with van der Waals surface area (Å²) in [6.07, 6.45) is 4.33. The number of likely N-dealkylation sites (tertiary alicyclic amines) is 1. The summed E-state index contributed by atoms with van der Waals surface area (Å²) in [5.41, 5.74) is 1.18. The van der Waals surface area contributed by atoms with E-state index in [1.807, 2.05) is 19.1 Å². The lowest BCUT2D eigenvalue weighted by Gasteiger charge is -2.35. The number of nitrogens with zero attached hydrogens (tertiary/aromatic N) is 3. The molecule has 0 bridgehead atoms. The number of benzene rings is 1. The highest BCUT2D eigenvalue weighted by Crippen LogP contribution is 2.26. The molecule has 0 radical (unpaired) electrons. The first-order valence-electron chi connectivity index (χ1n) is 10.5. The second kappa shape index (κ2) is 10.5. The molecule has 2 aliphatic heterocycles. The standard InChI is InChI=1S/C21H31N3O5/c1-2-28-21(25)15-22-11-9-20(10-12-22)29-16-17-7-13-23(14-8-17)18-3-5-19(6-4-18)24(26)27/h3-6,17,20H,2,7-16H2,1H3. The topological polar surface area (TPSA) is 85.1 Å². The smallest absolute Gasteiger partial charge is 0.320 e. The van der Waals surface area contributed by atoms with Gasteiger partial charge in [-0.05, 0) is 50.7 Å². The van der Waals surface area contributed by atoms with Crippen LogP contribution in [0.4, 0.5) is 11.4 Å². The number of non-ortho nitro benzene ring substituents is 1. The highest BCUT2D eigenvalue weighted by Gasteiger charge is 2.24. The molecule has 2 saturated heterocycles. The van der Waals surface area contributed by atoms with Gasteiger partial charge in [-0.25, -0.2) is 0 Å². The third-order valence-electron chi connectivity index (χ3n) is 5.80. The van der Waals surface area contributed by atoms with Crippen molar-refractivity contribution in [3.8, 4) is 0 Å². The number of anilines is 1. The van der Waals surface area contributed by atoms with Gasteiger partial charge in [0.15, 0.2) is 0 Å². The molecule has 8 nitrogen and oxygen atoms in total. The van der Waals surface area contributed by atoms with Gasteiger partial charge in [-0.2, -0.15) is 0 Å². The molecule has 2 aliphatic rings. The number of rotatable bonds is 8. The minimum atomic E-state index is -0.366. The molecule has 0 aliphatic carbocycles. The van der Waals surface area contributed by atoms with Crippen LogP contribution in [0, 0.1) is 16.0 Å². The Hall–Kier alpha value is -2.19. The van der Waals surface area contributed by atoms with Crippen LogP contribution < -0.4 is 4.90 Å². The van der Waals surface area contributed by atoms with Gasteiger partial charge in [0, 0.05) is 50.6 Å². The third-order valence-corrected chi connectivity index (χ3v) is 5.80. The van der Waals surface area contributed by atoms with E-state index in [2.05, 4.69) is 9.80 Å². The number of hydrogen-bond acceptors (Lipinski definition) is 7. The Morgan fingerprint density at radius 3 is 2.34 bits per heavy atom. The van der Waals surface area contributed by atoms with Crippen molar-refractivity contribution in [1.82, 2.24) is 4.90 Å². The maximum atomic E-state index is 11.6. The Bertz CT molecular complexity index is 665. The quantitative estimate of drug-likeness (QED) is 0.373. The maximum absolute atomic E-state index is 11.6. The Kier molecular flexibility index (Phi) is 7.83. The summed E-state index contributed by atoms with van der Waals surface area (Å²) < 4.78 is 11.2. The zero-order chi connectivity index (χ0) is 20.6. The van der Waals surface area contributed by atoms with Crippen molar-refractivity contribution in [2.24, 2.45) is 5.92 Å². The van der Waals surface area contributed by atoms with Crippen LogP contribution in [0.15, 0.2) is 24.3 Å². The van der Waals surface area contributed by atoms with E-state index in [0.717, 1.165) is 64.2 Å². The molecular formula is C21H31N3O5. The van der Waals surface area contributed by atoms with Gasteiger partial charge in [-0.3, -0.25) is 19.8 Å². The predicted molar refractivity (Wildman–Crippen MR) is 110 cm³/mol. The van der Waals surface area contributed by atoms with Crippen LogP contribution in [-0.2, 0) is 14.3 Å². The number of hydrogen-bond donors (Lipinski definition) is 0. The summed E-state index contributed by atoms with van der Waals surface area (Å²) in [5.74, 6) is 0.411. The maximum Gasteiger partial charge on any atom is 0.320 e. The average Bonchev–Trinajstić information content (AvgIpc) is 2.74. The predicted octanol–water partition coefficient (Wildman–Crippen LogP) is 2.86. The van der Waals surface area contributed by atoms with Gasteiger partial charge in [0.1, 0.15) is 0 Å². The van der Waals surface area contributed by atoms with Crippen LogP contribution in [0.1, 0.15) is 32.6 Å². The Balaban J connectivity index is 1.33. The van der Waals surface area contributed by atoms with Gasteiger partial charge in [-0.15, -0.1) is 0 Å². The highest BCUT2D eigenvalue weighted by molar-refractivity contribution is 5.71. The van der Waals surface area contributed by atoms with Crippen molar-refractivity contribution >= 4 is 17.3 Å². The number of piperidine rings is 2. The largest absolute Gasteiger partial charge is 0.465 e. The Labute approximate surface area is 171 Å². The molecule has 1 aromatic rings. The summed E-state index contributed by atoms with van der Waals surface area (Å²) >= 11 is 0. The molecule has 0 aromatic heterocycles. The molecule has 0 saturated carbocycles. The monoisotopic (exact) mass is 405 g/mol. The van der Waals surface area contributed by atoms with Gasteiger partial charge < -0.3 is 14.4 Å². The molecule has 29 heavy (non-hydrogen) atoms. The number of carbonyl (C=O) groups is 1. The minimum absolute atomic E-state index is 0.130. The molecule has 3 rings (SSSR count). The van der Waals surface area contributed by atoms with Crippen LogP contribution in [0.5, 0.6) is 0 Å². The Morgan fingerprint density at radius 1 is 1.10 bits per heavy atom. The first-order chi connectivity index (χ1) is 14.0. The van der Waals surface area contributed by atoms with Crippen molar-refractivity contribution in [3.05, 3.63) is 34.4 Å². The van der Waals surface area contributed by atoms with E-state index in [4.69, 9.17) is 9.47 Å². The first kappa shape index (κ1) is 21.5. The zero-order valence-electron chi connectivity index (χ0n) is 17.1. The summed E-state index contributed by atoms with van der Waals surface area (Å²) in [6, 6.07) is 6.80. The fraction of sp³-hybridized carbons (Fsp3) is 0.667. The van der Waals surface area contributed by atoms with Crippen LogP contribution in [0.25, 0.3) is 0 Å². The third kappa shape index (κ3) is 6.40. The van der Waals surface area contributed by atoms with E-state index in [1.54, 1.807) is 12.1 Å². The van der Waals surface area contributed by atoms with Crippen LogP contribution in [0.2, 0.25) is 0 Å². The minimum Gasteiger partial charge on any atom is -0.465 e. The number of esters is 1. The van der Waals surface area contributed by atoms with E-state index < -0.39 is 0 Å². The van der Waals surface area contributed by atoms with E-state index in [-0.39, 0.29) is 22.7 Å². The van der Waals surface area contributed by atoms with Gasteiger partial charge in [0.05, 0.1) is 24.2 Å². The van der Waals surface area contributed by atoms with Gasteiger partial charge in [-0.1, -0.05) is 0 Å². The summed E-state index contributed by atoms with van der Waals surface area (Å²) in [6.45, 7) is 7.08. The SMILES string of the molecule is CCOC(=O)CN1CCC(OCC2CCN(c3ccc([N+](=O)[O-])cc3)CC2)CC1. The first-order valence-corrected chi connectivity index (χ1v) is 10.5. The molecule has 0 amide bonds. The second-order valence-electron chi connectivity index (χ2n) is 7.82. The van der Waals surface area contributed by atoms with E-state index in [9.17, 15) is 14.9 Å². The van der Waals surface area contributed by atoms with Crippen LogP contribution >= 0.6 is 0 Å². The Morgan fingerprint density at radius 2 is 1.76 bits per heavy atom. The van der Waals surface area contributed by atoms with E-state index in [1.165, 1.54) is 0 Å². The lowest BCUT2D eigenvalue weighted by Crippen LogP contribution is -2.41. The van der Waals surface area contributed by atoms with Crippen LogP contribution in [-0.4, -0.2) is 67.8 Å². The van der Waals surface area contributed by atoms with Gasteiger partial charge in [0.2, 0.25) is 0 Å². The van der Waals surface area contributed by atoms with Gasteiger partial charge in [0.25, 0.3) is 5.69 Å². The number of carbonyl (C=O) groups excluding carboxylic acids is 1. The number of nitro groups is 1. The molecule has 8 heteroatoms. The molecule has 2 heterocycles. The highest BCUT2D eigenvalue weighted by atomic mass is 16.6. The fourth-order valence-electron chi connectivity index (χ4n) is 4.04. The summed E-state index contributed by atoms with van der Waals surface area (Å²) in [7, 11) is 0. The molecule has 1 aromatic carbocycles. The fourth-order valence-corrected chi connectivity index (χ4v) is 4.04. The molecule has 0 unspecified atom stereocenters. The summed E-state index contributed by atoms with van der Waals surface area (Å²) in [4.78, 5) is 26.4. The average molecular weight is 405 g/mol. The molecule has 0 N–H and O–H groups in total. The van der Waals surface area contributed by atoms with Crippen molar-refractivity contribution in [3.63, 3.8) is 0 Å². The normalized spacial score (nSPS) is 19.3. The molecular weight excluding hydrogens is 374 g/mol. The van der Waals surface area contributed by atoms with Crippen molar-refractivity contribution in [2.45, 2.75) is 38.7 Å². The summed E-state index contributed by atoms with van der Waals surface area (Å²) in [5, 5.41) is 10.8. The van der Waals surface area contributed by atoms with Crippen molar-refractivity contribution in [2.75, 3.05) is 50.8 Å². The second-order valence-corrected chi connectivity index (χ2v) is 7.82. The lowest BCUT2D eigenvalue weighted by molar-refractivity contribution is -0.384. The molecule has 0 spiro atoms. The van der Waals surface area contributed by atoms with Gasteiger partial charge >= 0.3 is 5.97 Å². The number of ether oxygens (including phenoxy) is 2. The van der Waals surface area contributed by atoms with Crippen molar-refractivity contribution < 1.29 is 19.2 Å². The number of nitro benzene ring substituents is 1. The lowest BCUT2D eigenvalue weighted by atomic mass is 9.97. The molecule has 2 fully saturated rings. The molecule has 0 atom stereocenters. The zero-order valence-corrected chi connectivity index (χ0v) is 17.1. The molecule has 160 valence electrons. The van der Waals surface area contributed by atoms with Crippen LogP contribution in [0.3, 0.4) is 0 Å². The van der Waals surface area contributed by atoms with Crippen molar-refractivity contribution in [1.29, 1.82) is 0 Å².